The molecule has 0 saturated carbocycles. The summed E-state index contributed by atoms with van der Waals surface area (Å²) in [5.74, 6) is 0. The van der Waals surface area contributed by atoms with Gasteiger partial charge in [0, 0.05) is 17.5 Å². The fourth-order valence-corrected chi connectivity index (χ4v) is 1.55. The number of hydrogen-bond donors (Lipinski definition) is 1. The highest BCUT2D eigenvalue weighted by atomic mass is 35.5. The van der Waals surface area contributed by atoms with Crippen molar-refractivity contribution < 1.29 is 0 Å². The second kappa shape index (κ2) is 5.46. The molecule has 2 aromatic carbocycles. The van der Waals surface area contributed by atoms with Crippen LogP contribution in [0.15, 0.2) is 58.8 Å². The largest absolute Gasteiger partial charge is 0.299 e. The molecule has 0 aromatic heterocycles. The van der Waals surface area contributed by atoms with Gasteiger partial charge in [0.25, 0.3) is 0 Å². The number of nitrogens with one attached hydrogen (secondary N) is 1. The highest BCUT2D eigenvalue weighted by Gasteiger charge is 1.98. The van der Waals surface area contributed by atoms with E-state index in [-0.39, 0.29) is 0 Å². The Hall–Kier alpha value is -1.87. The number of halogens is 1. The van der Waals surface area contributed by atoms with Crippen LogP contribution in [0.25, 0.3) is 0 Å². The van der Waals surface area contributed by atoms with Gasteiger partial charge in [-0.1, -0.05) is 18.2 Å². The van der Waals surface area contributed by atoms with Crippen LogP contribution >= 0.6 is 11.8 Å². The molecule has 17 heavy (non-hydrogen) atoms. The third-order valence-electron chi connectivity index (χ3n) is 2.34. The number of nitrogens with zero attached hydrogens (tertiary/aromatic N) is 2. The molecular formula is C13H12ClN3. The number of rotatable bonds is 3. The van der Waals surface area contributed by atoms with Crippen LogP contribution in [0.3, 0.4) is 0 Å². The monoisotopic (exact) mass is 245 g/mol. The Morgan fingerprint density at radius 3 is 2.41 bits per heavy atom. The van der Waals surface area contributed by atoms with E-state index in [0.717, 1.165) is 22.6 Å². The SMILES string of the molecule is Cc1cc(NCl)ccc1N=Nc1ccccc1. The Morgan fingerprint density at radius 2 is 1.76 bits per heavy atom. The lowest BCUT2D eigenvalue weighted by molar-refractivity contribution is 1.21. The number of anilines is 1. The van der Waals surface area contributed by atoms with Crippen molar-refractivity contribution in [2.75, 3.05) is 4.84 Å². The summed E-state index contributed by atoms with van der Waals surface area (Å²) in [7, 11) is 0. The standard InChI is InChI=1S/C13H12ClN3/c1-10-9-12(15-14)7-8-13(10)17-16-11-5-3-2-4-6-11/h2-9,15H,1H3. The summed E-state index contributed by atoms with van der Waals surface area (Å²) in [6, 6.07) is 15.3. The van der Waals surface area contributed by atoms with Crippen molar-refractivity contribution >= 4 is 28.8 Å². The van der Waals surface area contributed by atoms with Crippen molar-refractivity contribution in [3.05, 3.63) is 54.1 Å². The van der Waals surface area contributed by atoms with E-state index in [0.29, 0.717) is 0 Å². The van der Waals surface area contributed by atoms with E-state index in [4.69, 9.17) is 11.8 Å². The molecule has 0 fully saturated rings. The smallest absolute Gasteiger partial charge is 0.0887 e. The summed E-state index contributed by atoms with van der Waals surface area (Å²) in [5, 5.41) is 8.37. The molecule has 0 atom stereocenters. The number of aryl methyl sites for hydroxylation is 1. The van der Waals surface area contributed by atoms with Crippen LogP contribution in [0.4, 0.5) is 17.1 Å². The Morgan fingerprint density at radius 1 is 1.00 bits per heavy atom. The molecule has 4 heteroatoms. The molecule has 0 saturated heterocycles. The molecule has 0 bridgehead atoms. The average molecular weight is 246 g/mol. The highest BCUT2D eigenvalue weighted by molar-refractivity contribution is 6.24. The molecule has 0 amide bonds. The molecule has 0 aliphatic carbocycles. The minimum Gasteiger partial charge on any atom is -0.299 e. The second-order valence-electron chi connectivity index (χ2n) is 3.63. The molecule has 0 unspecified atom stereocenters. The molecule has 86 valence electrons. The van der Waals surface area contributed by atoms with Gasteiger partial charge in [-0.15, -0.1) is 0 Å². The topological polar surface area (TPSA) is 36.8 Å². The predicted molar refractivity (Wildman–Crippen MR) is 71.3 cm³/mol. The molecule has 1 N–H and O–H groups in total. The summed E-state index contributed by atoms with van der Waals surface area (Å²) in [5.41, 5.74) is 3.55. The molecule has 0 radical (unpaired) electrons. The first kappa shape index (κ1) is 11.6. The highest BCUT2D eigenvalue weighted by Crippen LogP contribution is 2.24. The van der Waals surface area contributed by atoms with E-state index in [2.05, 4.69) is 15.1 Å². The Kier molecular flexibility index (Phi) is 3.73. The number of azo groups is 1. The number of hydrogen-bond acceptors (Lipinski definition) is 3. The maximum absolute atomic E-state index is 5.52. The summed E-state index contributed by atoms with van der Waals surface area (Å²) < 4.78 is 0. The minimum atomic E-state index is 0.838. The lowest BCUT2D eigenvalue weighted by Crippen LogP contribution is -1.81. The van der Waals surface area contributed by atoms with E-state index < -0.39 is 0 Å². The van der Waals surface area contributed by atoms with E-state index in [1.807, 2.05) is 55.5 Å². The summed E-state index contributed by atoms with van der Waals surface area (Å²) in [6.07, 6.45) is 0. The van der Waals surface area contributed by atoms with Crippen LogP contribution in [-0.2, 0) is 0 Å². The third-order valence-corrected chi connectivity index (χ3v) is 2.55. The molecule has 2 rings (SSSR count). The van der Waals surface area contributed by atoms with Crippen LogP contribution in [0, 0.1) is 6.92 Å². The quantitative estimate of drug-likeness (QED) is 0.601. The average Bonchev–Trinajstić information content (AvgIpc) is 2.38. The molecule has 0 aliphatic heterocycles. The zero-order valence-corrected chi connectivity index (χ0v) is 10.1. The third kappa shape index (κ3) is 3.04. The summed E-state index contributed by atoms with van der Waals surface area (Å²) >= 11 is 5.52. The minimum absolute atomic E-state index is 0.838. The van der Waals surface area contributed by atoms with Gasteiger partial charge in [-0.2, -0.15) is 10.2 Å². The van der Waals surface area contributed by atoms with Gasteiger partial charge in [0.15, 0.2) is 0 Å². The fraction of sp³-hybridized carbons (Fsp3) is 0.0769. The van der Waals surface area contributed by atoms with Gasteiger partial charge in [-0.25, -0.2) is 0 Å². The normalized spacial score (nSPS) is 10.7. The van der Waals surface area contributed by atoms with Gasteiger partial charge in [-0.3, -0.25) is 4.84 Å². The maximum atomic E-state index is 5.52. The zero-order chi connectivity index (χ0) is 12.1. The summed E-state index contributed by atoms with van der Waals surface area (Å²) in [6.45, 7) is 1.97. The Balaban J connectivity index is 2.22. The van der Waals surface area contributed by atoms with Crippen molar-refractivity contribution in [3.8, 4) is 0 Å². The molecule has 0 heterocycles. The second-order valence-corrected chi connectivity index (χ2v) is 3.82. The van der Waals surface area contributed by atoms with Gasteiger partial charge < -0.3 is 0 Å². The van der Waals surface area contributed by atoms with Crippen molar-refractivity contribution in [1.82, 2.24) is 0 Å². The van der Waals surface area contributed by atoms with E-state index in [9.17, 15) is 0 Å². The predicted octanol–water partition coefficient (Wildman–Crippen LogP) is 4.98. The van der Waals surface area contributed by atoms with E-state index in [1.165, 1.54) is 0 Å². The first-order valence-electron chi connectivity index (χ1n) is 5.23. The first-order chi connectivity index (χ1) is 8.29. The molecule has 3 nitrogen and oxygen atoms in total. The van der Waals surface area contributed by atoms with Gasteiger partial charge in [0.2, 0.25) is 0 Å². The number of benzene rings is 2. The van der Waals surface area contributed by atoms with Gasteiger partial charge in [-0.05, 0) is 42.8 Å². The Labute approximate surface area is 105 Å². The van der Waals surface area contributed by atoms with E-state index in [1.54, 1.807) is 0 Å². The maximum Gasteiger partial charge on any atom is 0.0887 e. The first-order valence-corrected chi connectivity index (χ1v) is 5.61. The van der Waals surface area contributed by atoms with Crippen molar-refractivity contribution in [2.24, 2.45) is 10.2 Å². The van der Waals surface area contributed by atoms with Crippen molar-refractivity contribution in [3.63, 3.8) is 0 Å². The molecule has 2 aromatic rings. The van der Waals surface area contributed by atoms with Crippen LogP contribution in [0.5, 0.6) is 0 Å². The van der Waals surface area contributed by atoms with Crippen molar-refractivity contribution in [1.29, 1.82) is 0 Å². The zero-order valence-electron chi connectivity index (χ0n) is 9.39. The van der Waals surface area contributed by atoms with Gasteiger partial charge in [0.1, 0.15) is 0 Å². The molecule has 0 spiro atoms. The lowest BCUT2D eigenvalue weighted by atomic mass is 10.2. The summed E-state index contributed by atoms with van der Waals surface area (Å²) in [4.78, 5) is 2.57. The van der Waals surface area contributed by atoms with Crippen LogP contribution in [-0.4, -0.2) is 0 Å². The van der Waals surface area contributed by atoms with E-state index >= 15 is 0 Å². The van der Waals surface area contributed by atoms with Crippen LogP contribution in [0.2, 0.25) is 0 Å². The Bertz CT molecular complexity index is 523. The molecular weight excluding hydrogens is 234 g/mol. The fourth-order valence-electron chi connectivity index (χ4n) is 1.43. The van der Waals surface area contributed by atoms with Crippen molar-refractivity contribution in [2.45, 2.75) is 6.92 Å². The van der Waals surface area contributed by atoms with Gasteiger partial charge >= 0.3 is 0 Å². The lowest BCUT2D eigenvalue weighted by Gasteiger charge is -2.02. The van der Waals surface area contributed by atoms with Gasteiger partial charge in [0.05, 0.1) is 11.4 Å². The van der Waals surface area contributed by atoms with Crippen LogP contribution < -0.4 is 4.84 Å². The van der Waals surface area contributed by atoms with Crippen LogP contribution in [0.1, 0.15) is 5.56 Å². The molecule has 0 aliphatic rings.